The van der Waals surface area contributed by atoms with Gasteiger partial charge in [-0.25, -0.2) is 13.2 Å². The smallest absolute Gasteiger partial charge is 0.326 e. The van der Waals surface area contributed by atoms with Crippen LogP contribution in [0.2, 0.25) is 0 Å². The van der Waals surface area contributed by atoms with Crippen molar-refractivity contribution in [1.29, 1.82) is 0 Å². The first-order valence-electron chi connectivity index (χ1n) is 5.89. The molecule has 0 aliphatic carbocycles. The first kappa shape index (κ1) is 17.8. The predicted octanol–water partition coefficient (Wildman–Crippen LogP) is -0.337. The molecule has 0 rings (SSSR count). The summed E-state index contributed by atoms with van der Waals surface area (Å²) in [6.07, 6.45) is 0.249. The average Bonchev–Trinajstić information content (AvgIpc) is 2.24. The Kier molecular flexibility index (Phi) is 7.62. The number of carbonyl (C=O) groups is 2. The summed E-state index contributed by atoms with van der Waals surface area (Å²) in [5.74, 6) is -2.89. The topological polar surface area (TPSA) is 110 Å². The van der Waals surface area contributed by atoms with Crippen LogP contribution in [0.1, 0.15) is 20.3 Å². The number of methoxy groups -OCH3 is 1. The highest BCUT2D eigenvalue weighted by atomic mass is 32.2. The molecule has 0 heterocycles. The molecule has 112 valence electrons. The van der Waals surface area contributed by atoms with E-state index in [9.17, 15) is 18.0 Å². The third-order valence-electron chi connectivity index (χ3n) is 2.29. The molecule has 0 aromatic rings. The number of nitrogens with one attached hydrogen (secondary N) is 1. The van der Waals surface area contributed by atoms with Crippen molar-refractivity contribution in [1.82, 2.24) is 5.32 Å². The Labute approximate surface area is 113 Å². The highest BCUT2D eigenvalue weighted by molar-refractivity contribution is 7.92. The van der Waals surface area contributed by atoms with E-state index in [1.807, 2.05) is 13.8 Å². The van der Waals surface area contributed by atoms with Crippen LogP contribution in [0.25, 0.3) is 0 Å². The molecule has 7 nitrogen and oxygen atoms in total. The van der Waals surface area contributed by atoms with Crippen molar-refractivity contribution in [2.45, 2.75) is 26.3 Å². The summed E-state index contributed by atoms with van der Waals surface area (Å²) in [5, 5.41) is 11.1. The molecule has 2 N–H and O–H groups in total. The second-order valence-electron chi connectivity index (χ2n) is 4.67. The number of sulfone groups is 1. The molecule has 1 amide bonds. The molecule has 0 aliphatic heterocycles. The Balaban J connectivity index is 4.46. The number of hydrogen-bond donors (Lipinski definition) is 2. The SMILES string of the molecule is COCCS(=O)(=O)CC(=O)N[C@@H](CC(C)C)C(=O)O. The zero-order chi connectivity index (χ0) is 15.1. The first-order chi connectivity index (χ1) is 8.68. The van der Waals surface area contributed by atoms with Gasteiger partial charge in [0.25, 0.3) is 0 Å². The standard InChI is InChI=1S/C11H21NO6S/c1-8(2)6-9(11(14)15)12-10(13)7-19(16,17)5-4-18-3/h8-9H,4-7H2,1-3H3,(H,12,13)(H,14,15)/t9-/m0/s1. The van der Waals surface area contributed by atoms with Crippen molar-refractivity contribution in [2.75, 3.05) is 25.2 Å². The van der Waals surface area contributed by atoms with Gasteiger partial charge in [0.2, 0.25) is 5.91 Å². The first-order valence-corrected chi connectivity index (χ1v) is 7.71. The summed E-state index contributed by atoms with van der Waals surface area (Å²) < 4.78 is 27.6. The molecular formula is C11H21NO6S. The lowest BCUT2D eigenvalue weighted by molar-refractivity contribution is -0.141. The monoisotopic (exact) mass is 295 g/mol. The van der Waals surface area contributed by atoms with Crippen LogP contribution >= 0.6 is 0 Å². The van der Waals surface area contributed by atoms with E-state index in [4.69, 9.17) is 5.11 Å². The van der Waals surface area contributed by atoms with Gasteiger partial charge in [0.15, 0.2) is 9.84 Å². The number of amides is 1. The second-order valence-corrected chi connectivity index (χ2v) is 6.86. The summed E-state index contributed by atoms with van der Waals surface area (Å²) in [4.78, 5) is 22.4. The van der Waals surface area contributed by atoms with E-state index < -0.39 is 33.5 Å². The van der Waals surface area contributed by atoms with Gasteiger partial charge in [0, 0.05) is 7.11 Å². The van der Waals surface area contributed by atoms with Gasteiger partial charge < -0.3 is 15.2 Å². The molecule has 0 radical (unpaired) electrons. The summed E-state index contributed by atoms with van der Waals surface area (Å²) >= 11 is 0. The lowest BCUT2D eigenvalue weighted by Gasteiger charge is -2.16. The number of carboxylic acid groups (broad SMARTS) is 1. The van der Waals surface area contributed by atoms with Gasteiger partial charge in [0.05, 0.1) is 12.4 Å². The highest BCUT2D eigenvalue weighted by Gasteiger charge is 2.24. The summed E-state index contributed by atoms with van der Waals surface area (Å²) in [7, 11) is -2.21. The van der Waals surface area contributed by atoms with E-state index in [-0.39, 0.29) is 24.7 Å². The average molecular weight is 295 g/mol. The minimum atomic E-state index is -3.57. The zero-order valence-corrected chi connectivity index (χ0v) is 12.2. The summed E-state index contributed by atoms with van der Waals surface area (Å²) in [5.41, 5.74) is 0. The summed E-state index contributed by atoms with van der Waals surface area (Å²) in [6.45, 7) is 3.64. The molecule has 0 aromatic carbocycles. The van der Waals surface area contributed by atoms with Gasteiger partial charge in [-0.15, -0.1) is 0 Å². The largest absolute Gasteiger partial charge is 0.480 e. The van der Waals surface area contributed by atoms with E-state index in [1.165, 1.54) is 7.11 Å². The number of aliphatic carboxylic acids is 1. The maximum absolute atomic E-state index is 11.5. The van der Waals surface area contributed by atoms with Crippen LogP contribution in [-0.4, -0.2) is 56.7 Å². The van der Waals surface area contributed by atoms with Crippen LogP contribution in [0.4, 0.5) is 0 Å². The second kappa shape index (κ2) is 8.11. The molecule has 0 fully saturated rings. The molecule has 0 aromatic heterocycles. The number of ether oxygens (including phenoxy) is 1. The van der Waals surface area contributed by atoms with Crippen LogP contribution in [0.15, 0.2) is 0 Å². The molecule has 8 heteroatoms. The van der Waals surface area contributed by atoms with Crippen LogP contribution in [0.3, 0.4) is 0 Å². The van der Waals surface area contributed by atoms with Crippen LogP contribution < -0.4 is 5.32 Å². The number of rotatable bonds is 9. The molecule has 0 bridgehead atoms. The number of carboxylic acids is 1. The Hall–Kier alpha value is -1.15. The fourth-order valence-electron chi connectivity index (χ4n) is 1.41. The Morgan fingerprint density at radius 1 is 1.32 bits per heavy atom. The van der Waals surface area contributed by atoms with Gasteiger partial charge in [-0.05, 0) is 12.3 Å². The van der Waals surface area contributed by atoms with Gasteiger partial charge in [-0.3, -0.25) is 4.79 Å². The van der Waals surface area contributed by atoms with Crippen molar-refractivity contribution in [3.05, 3.63) is 0 Å². The lowest BCUT2D eigenvalue weighted by Crippen LogP contribution is -2.44. The Morgan fingerprint density at radius 3 is 2.32 bits per heavy atom. The van der Waals surface area contributed by atoms with E-state index >= 15 is 0 Å². The molecule has 0 unspecified atom stereocenters. The van der Waals surface area contributed by atoms with Gasteiger partial charge in [0.1, 0.15) is 11.8 Å². The van der Waals surface area contributed by atoms with Crippen LogP contribution in [0.5, 0.6) is 0 Å². The maximum Gasteiger partial charge on any atom is 0.326 e. The fourth-order valence-corrected chi connectivity index (χ4v) is 2.46. The Morgan fingerprint density at radius 2 is 1.89 bits per heavy atom. The van der Waals surface area contributed by atoms with E-state index in [1.54, 1.807) is 0 Å². The van der Waals surface area contributed by atoms with Crippen molar-refractivity contribution >= 4 is 21.7 Å². The van der Waals surface area contributed by atoms with Crippen LogP contribution in [0, 0.1) is 5.92 Å². The predicted molar refractivity (Wildman–Crippen MR) is 69.6 cm³/mol. The van der Waals surface area contributed by atoms with E-state index in [0.29, 0.717) is 0 Å². The highest BCUT2D eigenvalue weighted by Crippen LogP contribution is 2.05. The zero-order valence-electron chi connectivity index (χ0n) is 11.4. The van der Waals surface area contributed by atoms with E-state index in [2.05, 4.69) is 10.1 Å². The molecule has 0 aliphatic rings. The molecule has 19 heavy (non-hydrogen) atoms. The quantitative estimate of drug-likeness (QED) is 0.602. The van der Waals surface area contributed by atoms with Crippen molar-refractivity contribution < 1.29 is 27.9 Å². The summed E-state index contributed by atoms with van der Waals surface area (Å²) in [6, 6.07) is -1.06. The minimum absolute atomic E-state index is 0.00394. The lowest BCUT2D eigenvalue weighted by atomic mass is 10.0. The normalized spacial score (nSPS) is 13.3. The molecule has 1 atom stereocenters. The third-order valence-corrected chi connectivity index (χ3v) is 3.78. The van der Waals surface area contributed by atoms with Gasteiger partial charge in [-0.2, -0.15) is 0 Å². The van der Waals surface area contributed by atoms with Gasteiger partial charge in [-0.1, -0.05) is 13.8 Å². The molecule has 0 saturated carbocycles. The van der Waals surface area contributed by atoms with E-state index in [0.717, 1.165) is 0 Å². The van der Waals surface area contributed by atoms with Crippen molar-refractivity contribution in [2.24, 2.45) is 5.92 Å². The van der Waals surface area contributed by atoms with Crippen LogP contribution in [-0.2, 0) is 24.2 Å². The fraction of sp³-hybridized carbons (Fsp3) is 0.818. The van der Waals surface area contributed by atoms with Crippen molar-refractivity contribution in [3.63, 3.8) is 0 Å². The molecular weight excluding hydrogens is 274 g/mol. The van der Waals surface area contributed by atoms with Gasteiger partial charge >= 0.3 is 5.97 Å². The minimum Gasteiger partial charge on any atom is -0.480 e. The Bertz CT molecular complexity index is 403. The number of carbonyl (C=O) groups excluding carboxylic acids is 1. The molecule has 0 saturated heterocycles. The third kappa shape index (κ3) is 8.55. The number of hydrogen-bond acceptors (Lipinski definition) is 5. The van der Waals surface area contributed by atoms with Crippen molar-refractivity contribution in [3.8, 4) is 0 Å². The maximum atomic E-state index is 11.5. The molecule has 0 spiro atoms.